The van der Waals surface area contributed by atoms with Crippen molar-refractivity contribution < 1.29 is 19.1 Å². The van der Waals surface area contributed by atoms with Gasteiger partial charge in [-0.05, 0) is 40.5 Å². The van der Waals surface area contributed by atoms with Gasteiger partial charge in [-0.15, -0.1) is 0 Å². The number of carbonyl (C=O) groups excluding carboxylic acids is 3. The van der Waals surface area contributed by atoms with E-state index in [-0.39, 0.29) is 0 Å². The molecule has 0 aromatic carbocycles. The summed E-state index contributed by atoms with van der Waals surface area (Å²) >= 11 is 0. The Balaban J connectivity index is 5.26. The predicted molar refractivity (Wildman–Crippen MR) is 98.0 cm³/mol. The van der Waals surface area contributed by atoms with Crippen LogP contribution in [0.5, 0.6) is 0 Å². The molecular formula is C18H35N3O4. The molecule has 7 heteroatoms. The van der Waals surface area contributed by atoms with Gasteiger partial charge in [-0.3, -0.25) is 9.59 Å². The minimum Gasteiger partial charge on any atom is -0.443 e. The SMILES string of the molecule is CCCCNC(=O)[C@H](C)N(C(=O)OC(C)(C)C)C(=O)[C@@H](N)CCCC. The first-order valence-electron chi connectivity index (χ1n) is 9.14. The molecule has 0 heterocycles. The largest absolute Gasteiger partial charge is 0.443 e. The number of nitrogens with zero attached hydrogens (tertiary/aromatic N) is 1. The van der Waals surface area contributed by atoms with Crippen LogP contribution in [0, 0.1) is 0 Å². The average molecular weight is 357 g/mol. The molecule has 0 aromatic heterocycles. The van der Waals surface area contributed by atoms with Gasteiger partial charge in [0.2, 0.25) is 11.8 Å². The van der Waals surface area contributed by atoms with E-state index in [1.807, 2.05) is 13.8 Å². The second-order valence-electron chi connectivity index (χ2n) is 7.26. The Labute approximate surface area is 151 Å². The Hall–Kier alpha value is -1.63. The zero-order valence-corrected chi connectivity index (χ0v) is 16.6. The minimum absolute atomic E-state index is 0.393. The first-order valence-corrected chi connectivity index (χ1v) is 9.14. The highest BCUT2D eigenvalue weighted by Crippen LogP contribution is 2.14. The summed E-state index contributed by atoms with van der Waals surface area (Å²) < 4.78 is 5.30. The lowest BCUT2D eigenvalue weighted by atomic mass is 10.1. The zero-order chi connectivity index (χ0) is 19.6. The lowest BCUT2D eigenvalue weighted by Crippen LogP contribution is -2.56. The quantitative estimate of drug-likeness (QED) is 0.618. The number of unbranched alkanes of at least 4 members (excludes halogenated alkanes) is 2. The van der Waals surface area contributed by atoms with E-state index in [1.165, 1.54) is 6.92 Å². The van der Waals surface area contributed by atoms with Crippen LogP contribution in [0.1, 0.15) is 73.6 Å². The summed E-state index contributed by atoms with van der Waals surface area (Å²) in [6.45, 7) is 11.1. The van der Waals surface area contributed by atoms with Crippen molar-refractivity contribution in [3.8, 4) is 0 Å². The van der Waals surface area contributed by atoms with Crippen LogP contribution in [0.2, 0.25) is 0 Å². The maximum atomic E-state index is 12.7. The first-order chi connectivity index (χ1) is 11.5. The zero-order valence-electron chi connectivity index (χ0n) is 16.6. The van der Waals surface area contributed by atoms with E-state index in [1.54, 1.807) is 20.8 Å². The molecule has 0 aliphatic rings. The van der Waals surface area contributed by atoms with E-state index in [0.29, 0.717) is 13.0 Å². The molecule has 3 N–H and O–H groups in total. The van der Waals surface area contributed by atoms with Crippen molar-refractivity contribution in [2.45, 2.75) is 91.3 Å². The molecule has 0 bridgehead atoms. The lowest BCUT2D eigenvalue weighted by molar-refractivity contribution is -0.140. The highest BCUT2D eigenvalue weighted by Gasteiger charge is 2.36. The van der Waals surface area contributed by atoms with E-state index in [0.717, 1.165) is 30.6 Å². The molecule has 0 saturated heterocycles. The molecule has 0 spiro atoms. The Morgan fingerprint density at radius 2 is 1.68 bits per heavy atom. The fourth-order valence-electron chi connectivity index (χ4n) is 2.13. The third-order valence-corrected chi connectivity index (χ3v) is 3.61. The van der Waals surface area contributed by atoms with Gasteiger partial charge in [0.25, 0.3) is 0 Å². The molecule has 7 nitrogen and oxygen atoms in total. The fourth-order valence-corrected chi connectivity index (χ4v) is 2.13. The summed E-state index contributed by atoms with van der Waals surface area (Å²) in [4.78, 5) is 38.3. The van der Waals surface area contributed by atoms with Crippen LogP contribution in [-0.2, 0) is 14.3 Å². The fraction of sp³-hybridized carbons (Fsp3) is 0.833. The van der Waals surface area contributed by atoms with E-state index >= 15 is 0 Å². The topological polar surface area (TPSA) is 102 Å². The molecular weight excluding hydrogens is 322 g/mol. The van der Waals surface area contributed by atoms with Crippen molar-refractivity contribution in [2.24, 2.45) is 5.73 Å². The molecule has 0 aliphatic carbocycles. The van der Waals surface area contributed by atoms with Gasteiger partial charge in [-0.2, -0.15) is 0 Å². The van der Waals surface area contributed by atoms with Gasteiger partial charge in [0, 0.05) is 6.54 Å². The van der Waals surface area contributed by atoms with Crippen LogP contribution in [0.4, 0.5) is 4.79 Å². The van der Waals surface area contributed by atoms with Crippen molar-refractivity contribution in [1.82, 2.24) is 10.2 Å². The first kappa shape index (κ1) is 23.4. The van der Waals surface area contributed by atoms with Gasteiger partial charge in [0.15, 0.2) is 0 Å². The average Bonchev–Trinajstić information content (AvgIpc) is 2.50. The number of rotatable bonds is 9. The molecule has 0 saturated carbocycles. The predicted octanol–water partition coefficient (Wildman–Crippen LogP) is 2.57. The van der Waals surface area contributed by atoms with Gasteiger partial charge in [-0.25, -0.2) is 9.69 Å². The normalized spacial score (nSPS) is 13.7. The van der Waals surface area contributed by atoms with Gasteiger partial charge in [0.1, 0.15) is 11.6 Å². The second kappa shape index (κ2) is 11.1. The number of hydrogen-bond donors (Lipinski definition) is 2. The molecule has 146 valence electrons. The van der Waals surface area contributed by atoms with Crippen molar-refractivity contribution in [3.63, 3.8) is 0 Å². The number of hydrogen-bond acceptors (Lipinski definition) is 5. The minimum atomic E-state index is -0.980. The van der Waals surface area contributed by atoms with Gasteiger partial charge in [0.05, 0.1) is 6.04 Å². The maximum Gasteiger partial charge on any atom is 0.417 e. The molecule has 0 aromatic rings. The molecule has 0 aliphatic heterocycles. The van der Waals surface area contributed by atoms with Crippen LogP contribution in [0.3, 0.4) is 0 Å². The van der Waals surface area contributed by atoms with E-state index < -0.39 is 35.6 Å². The van der Waals surface area contributed by atoms with Gasteiger partial charge >= 0.3 is 6.09 Å². The molecule has 2 atom stereocenters. The maximum absolute atomic E-state index is 12.7. The number of imide groups is 1. The standard InChI is InChI=1S/C18H35N3O4/c1-7-9-11-14(19)16(23)21(17(24)25-18(4,5)6)13(3)15(22)20-12-10-8-2/h13-14H,7-12,19H2,1-6H3,(H,20,22)/t13-,14-/m0/s1. The number of nitrogens with one attached hydrogen (secondary N) is 1. The molecule has 0 radical (unpaired) electrons. The number of ether oxygens (including phenoxy) is 1. The molecule has 25 heavy (non-hydrogen) atoms. The highest BCUT2D eigenvalue weighted by molar-refractivity contribution is 6.00. The number of amides is 3. The summed E-state index contributed by atoms with van der Waals surface area (Å²) in [6, 6.07) is -1.81. The van der Waals surface area contributed by atoms with Gasteiger partial charge < -0.3 is 15.8 Å². The second-order valence-corrected chi connectivity index (χ2v) is 7.26. The van der Waals surface area contributed by atoms with E-state index in [2.05, 4.69) is 5.32 Å². The van der Waals surface area contributed by atoms with E-state index in [9.17, 15) is 14.4 Å². The van der Waals surface area contributed by atoms with Gasteiger partial charge in [-0.1, -0.05) is 33.1 Å². The lowest BCUT2D eigenvalue weighted by Gasteiger charge is -2.31. The summed E-state index contributed by atoms with van der Waals surface area (Å²) in [6.07, 6.45) is 3.04. The highest BCUT2D eigenvalue weighted by atomic mass is 16.6. The Kier molecular flexibility index (Phi) is 10.4. The van der Waals surface area contributed by atoms with Crippen LogP contribution < -0.4 is 11.1 Å². The molecule has 3 amide bonds. The van der Waals surface area contributed by atoms with Crippen LogP contribution in [0.25, 0.3) is 0 Å². The van der Waals surface area contributed by atoms with Crippen molar-refractivity contribution in [3.05, 3.63) is 0 Å². The molecule has 0 unspecified atom stereocenters. The summed E-state index contributed by atoms with van der Waals surface area (Å²) in [7, 11) is 0. The number of nitrogens with two attached hydrogens (primary N) is 1. The van der Waals surface area contributed by atoms with Crippen LogP contribution >= 0.6 is 0 Å². The van der Waals surface area contributed by atoms with Crippen molar-refractivity contribution in [2.75, 3.05) is 6.54 Å². The Bertz CT molecular complexity index is 446. The third kappa shape index (κ3) is 8.86. The van der Waals surface area contributed by atoms with Crippen molar-refractivity contribution >= 4 is 17.9 Å². The number of carbonyl (C=O) groups is 3. The van der Waals surface area contributed by atoms with E-state index in [4.69, 9.17) is 10.5 Å². The summed E-state index contributed by atoms with van der Waals surface area (Å²) in [5, 5.41) is 2.74. The Morgan fingerprint density at radius 3 is 2.16 bits per heavy atom. The monoisotopic (exact) mass is 357 g/mol. The van der Waals surface area contributed by atoms with Crippen molar-refractivity contribution in [1.29, 1.82) is 0 Å². The molecule has 0 fully saturated rings. The molecule has 0 rings (SSSR count). The summed E-state index contributed by atoms with van der Waals surface area (Å²) in [5.41, 5.74) is 5.16. The smallest absolute Gasteiger partial charge is 0.417 e. The van der Waals surface area contributed by atoms with Crippen LogP contribution in [-0.4, -0.2) is 47.0 Å². The Morgan fingerprint density at radius 1 is 1.12 bits per heavy atom. The van der Waals surface area contributed by atoms with Crippen LogP contribution in [0.15, 0.2) is 0 Å². The summed E-state index contributed by atoms with van der Waals surface area (Å²) in [5.74, 6) is -0.976. The third-order valence-electron chi connectivity index (χ3n) is 3.61.